The molecule has 0 amide bonds. The smallest absolute Gasteiger partial charge is 0.138 e. The first-order chi connectivity index (χ1) is 31.2. The number of benzene rings is 8. The number of para-hydroxylation sites is 2. The van der Waals surface area contributed by atoms with Crippen molar-refractivity contribution in [2.24, 2.45) is 0 Å². The van der Waals surface area contributed by atoms with E-state index in [1.54, 1.807) is 0 Å². The molecule has 0 spiro atoms. The summed E-state index contributed by atoms with van der Waals surface area (Å²) in [5.74, 6) is 0.892. The van der Waals surface area contributed by atoms with Crippen LogP contribution in [0.5, 0.6) is 0 Å². The Morgan fingerprint density at radius 3 is 1.76 bits per heavy atom. The normalized spacial score (nSPS) is 11.8. The second-order valence-corrected chi connectivity index (χ2v) is 17.2. The molecule has 0 saturated heterocycles. The molecule has 0 aliphatic rings. The van der Waals surface area contributed by atoms with Crippen LogP contribution in [0.2, 0.25) is 0 Å². The zero-order chi connectivity index (χ0) is 41.4. The molecule has 8 aromatic carbocycles. The number of thiophene rings is 1. The van der Waals surface area contributed by atoms with Crippen molar-refractivity contribution in [3.8, 4) is 56.1 Å². The fraction of sp³-hybridized carbons (Fsp3) is 0. The van der Waals surface area contributed by atoms with Crippen LogP contribution in [0.25, 0.3) is 120 Å². The van der Waals surface area contributed by atoms with Gasteiger partial charge in [-0.3, -0.25) is 9.55 Å². The molecule has 0 atom stereocenters. The highest BCUT2D eigenvalue weighted by Crippen LogP contribution is 2.41. The Labute approximate surface area is 367 Å². The summed E-state index contributed by atoms with van der Waals surface area (Å²) in [5, 5.41) is 6.07. The number of pyridine rings is 2. The van der Waals surface area contributed by atoms with E-state index in [2.05, 4.69) is 221 Å². The molecule has 0 N–H and O–H groups in total. The fourth-order valence-corrected chi connectivity index (χ4v) is 10.8. The maximum Gasteiger partial charge on any atom is 0.138 e. The number of nitrogens with zero attached hydrogens (tertiary/aromatic N) is 4. The highest BCUT2D eigenvalue weighted by atomic mass is 32.1. The van der Waals surface area contributed by atoms with E-state index in [4.69, 9.17) is 9.97 Å². The molecule has 0 aliphatic heterocycles. The summed E-state index contributed by atoms with van der Waals surface area (Å²) in [4.78, 5) is 10.1. The van der Waals surface area contributed by atoms with Crippen molar-refractivity contribution in [3.63, 3.8) is 0 Å². The number of hydrogen-bond donors (Lipinski definition) is 0. The van der Waals surface area contributed by atoms with Gasteiger partial charge in [-0.05, 0) is 94.5 Å². The molecule has 4 nitrogen and oxygen atoms in total. The monoisotopic (exact) mass is 820 g/mol. The third kappa shape index (κ3) is 5.74. The molecule has 13 aromatic rings. The maximum atomic E-state index is 5.35. The molecule has 0 unspecified atom stereocenters. The highest BCUT2D eigenvalue weighted by Gasteiger charge is 2.19. The van der Waals surface area contributed by atoms with Crippen molar-refractivity contribution in [2.45, 2.75) is 0 Å². The van der Waals surface area contributed by atoms with E-state index >= 15 is 0 Å². The summed E-state index contributed by atoms with van der Waals surface area (Å²) >= 11 is 1.82. The lowest BCUT2D eigenvalue weighted by Gasteiger charge is -2.13. The van der Waals surface area contributed by atoms with E-state index in [0.717, 1.165) is 50.4 Å². The average Bonchev–Trinajstić information content (AvgIpc) is 4.02. The van der Waals surface area contributed by atoms with Gasteiger partial charge in [0.1, 0.15) is 5.82 Å². The van der Waals surface area contributed by atoms with Gasteiger partial charge in [-0.1, -0.05) is 146 Å². The number of rotatable bonds is 6. The van der Waals surface area contributed by atoms with Gasteiger partial charge in [0.25, 0.3) is 0 Å². The van der Waals surface area contributed by atoms with Crippen LogP contribution >= 0.6 is 11.3 Å². The first-order valence-corrected chi connectivity index (χ1v) is 22.1. The molecule has 5 aromatic heterocycles. The van der Waals surface area contributed by atoms with Crippen molar-refractivity contribution in [3.05, 3.63) is 219 Å². The summed E-state index contributed by atoms with van der Waals surface area (Å²) in [6, 6.07) is 76.5. The van der Waals surface area contributed by atoms with Crippen molar-refractivity contribution in [2.75, 3.05) is 0 Å². The van der Waals surface area contributed by atoms with Crippen LogP contribution in [0.1, 0.15) is 0 Å². The van der Waals surface area contributed by atoms with Gasteiger partial charge in [0, 0.05) is 54.6 Å². The summed E-state index contributed by atoms with van der Waals surface area (Å²) in [5.41, 5.74) is 15.9. The van der Waals surface area contributed by atoms with Crippen LogP contribution in [0.4, 0.5) is 0 Å². The Hall–Kier alpha value is -8.12. The van der Waals surface area contributed by atoms with Gasteiger partial charge < -0.3 is 4.57 Å². The first-order valence-electron chi connectivity index (χ1n) is 21.3. The lowest BCUT2D eigenvalue weighted by Crippen LogP contribution is -2.00. The van der Waals surface area contributed by atoms with Crippen molar-refractivity contribution in [1.82, 2.24) is 19.1 Å². The second kappa shape index (κ2) is 14.2. The highest BCUT2D eigenvalue weighted by molar-refractivity contribution is 7.26. The van der Waals surface area contributed by atoms with Crippen LogP contribution in [-0.2, 0) is 0 Å². The summed E-state index contributed by atoms with van der Waals surface area (Å²) in [6.45, 7) is 0. The number of fused-ring (bicyclic) bond motifs is 9. The quantitative estimate of drug-likeness (QED) is 0.167. The molecular weight excluding hydrogens is 785 g/mol. The molecule has 0 bridgehead atoms. The van der Waals surface area contributed by atoms with Crippen LogP contribution in [0.15, 0.2) is 219 Å². The van der Waals surface area contributed by atoms with Crippen molar-refractivity contribution < 1.29 is 0 Å². The minimum absolute atomic E-state index is 0.892. The zero-order valence-corrected chi connectivity index (χ0v) is 34.8. The Morgan fingerprint density at radius 1 is 0.365 bits per heavy atom. The van der Waals surface area contributed by atoms with E-state index < -0.39 is 0 Å². The Balaban J connectivity index is 0.947. The molecule has 0 saturated carbocycles. The Bertz CT molecular complexity index is 3840. The van der Waals surface area contributed by atoms with Gasteiger partial charge in [0.15, 0.2) is 0 Å². The van der Waals surface area contributed by atoms with Crippen LogP contribution < -0.4 is 0 Å². The summed E-state index contributed by atoms with van der Waals surface area (Å²) in [7, 11) is 0. The van der Waals surface area contributed by atoms with Gasteiger partial charge in [0.05, 0.1) is 38.0 Å². The number of aromatic nitrogens is 4. The largest absolute Gasteiger partial charge is 0.309 e. The average molecular weight is 821 g/mol. The lowest BCUT2D eigenvalue weighted by atomic mass is 10.0. The van der Waals surface area contributed by atoms with E-state index in [9.17, 15) is 0 Å². The molecule has 0 fully saturated rings. The molecule has 63 heavy (non-hydrogen) atoms. The number of hydrogen-bond acceptors (Lipinski definition) is 3. The predicted molar refractivity (Wildman–Crippen MR) is 265 cm³/mol. The predicted octanol–water partition coefficient (Wildman–Crippen LogP) is 15.7. The molecular formula is C58H36N4S. The van der Waals surface area contributed by atoms with Crippen molar-refractivity contribution in [1.29, 1.82) is 0 Å². The van der Waals surface area contributed by atoms with Crippen LogP contribution in [0, 0.1) is 0 Å². The summed E-state index contributed by atoms with van der Waals surface area (Å²) in [6.07, 6.45) is 1.94. The molecule has 0 radical (unpaired) electrons. The topological polar surface area (TPSA) is 35.6 Å². The van der Waals surface area contributed by atoms with Gasteiger partial charge >= 0.3 is 0 Å². The Morgan fingerprint density at radius 2 is 0.968 bits per heavy atom. The SMILES string of the molecule is c1ccc(-c2cc(-c3ccccc3)nc(-n3c4ccccc4c4cc(-c5ccc6c7ccccc7n(-c7ccc(-c8ccnc9c8sc8ccccc89)cc7)c6c5)ccc43)c2)cc1. The van der Waals surface area contributed by atoms with Gasteiger partial charge in [0.2, 0.25) is 0 Å². The maximum absolute atomic E-state index is 5.35. The van der Waals surface area contributed by atoms with Crippen LogP contribution in [0.3, 0.4) is 0 Å². The minimum atomic E-state index is 0.892. The third-order valence-corrected chi connectivity index (χ3v) is 13.8. The van der Waals surface area contributed by atoms with Crippen molar-refractivity contribution >= 4 is 75.3 Å². The van der Waals surface area contributed by atoms with Gasteiger partial charge in [-0.15, -0.1) is 11.3 Å². The van der Waals surface area contributed by atoms with E-state index in [1.807, 2.05) is 17.5 Å². The minimum Gasteiger partial charge on any atom is -0.309 e. The third-order valence-electron chi connectivity index (χ3n) is 12.6. The van der Waals surface area contributed by atoms with Gasteiger partial charge in [-0.2, -0.15) is 0 Å². The molecule has 5 heteroatoms. The molecule has 0 aliphatic carbocycles. The van der Waals surface area contributed by atoms with E-state index in [0.29, 0.717) is 0 Å². The second-order valence-electron chi connectivity index (χ2n) is 16.2. The summed E-state index contributed by atoms with van der Waals surface area (Å²) < 4.78 is 7.23. The standard InChI is InChI=1S/C58H36N4S/c1-3-13-37(14-4-1)42-34-50(39-15-5-2-6-16-39)60-56(36-42)62-52-21-11-8-18-46(52)49-33-40(26-30-53(49)62)41-25-29-47-45-17-7-10-20-51(45)61(54(47)35-41)43-27-23-38(24-28-43)44-31-32-59-57-48-19-9-12-22-55(48)63-58(44)57/h1-36H. The molecule has 5 heterocycles. The first kappa shape index (κ1) is 35.6. The van der Waals surface area contributed by atoms with Gasteiger partial charge in [-0.25, -0.2) is 4.98 Å². The zero-order valence-electron chi connectivity index (χ0n) is 34.0. The fourth-order valence-electron chi connectivity index (χ4n) is 9.63. The van der Waals surface area contributed by atoms with E-state index in [1.165, 1.54) is 69.6 Å². The lowest BCUT2D eigenvalue weighted by molar-refractivity contribution is 1.08. The van der Waals surface area contributed by atoms with E-state index in [-0.39, 0.29) is 0 Å². The Kier molecular flexibility index (Phi) is 8.05. The van der Waals surface area contributed by atoms with Crippen LogP contribution in [-0.4, -0.2) is 19.1 Å². The molecule has 294 valence electrons. The molecule has 13 rings (SSSR count).